The first kappa shape index (κ1) is 11.2. The van der Waals surface area contributed by atoms with Crippen LogP contribution in [-0.4, -0.2) is 16.9 Å². The Morgan fingerprint density at radius 3 is 3.00 bits per heavy atom. The normalized spacial score (nSPS) is 17.8. The van der Waals surface area contributed by atoms with Gasteiger partial charge in [-0.05, 0) is 25.0 Å². The second kappa shape index (κ2) is 4.10. The van der Waals surface area contributed by atoms with E-state index < -0.39 is 0 Å². The lowest BCUT2D eigenvalue weighted by atomic mass is 10.1. The number of fused-ring (bicyclic) bond motifs is 1. The first-order valence-electron chi connectivity index (χ1n) is 5.79. The van der Waals surface area contributed by atoms with Gasteiger partial charge in [0, 0.05) is 17.1 Å². The summed E-state index contributed by atoms with van der Waals surface area (Å²) in [5, 5.41) is 2.14. The van der Waals surface area contributed by atoms with Crippen LogP contribution in [0.2, 0.25) is 0 Å². The molecule has 2 N–H and O–H groups in total. The zero-order valence-corrected chi connectivity index (χ0v) is 10.8. The summed E-state index contributed by atoms with van der Waals surface area (Å²) in [6, 6.07) is 8.16. The third kappa shape index (κ3) is 1.67. The summed E-state index contributed by atoms with van der Waals surface area (Å²) < 4.78 is 0. The van der Waals surface area contributed by atoms with Crippen LogP contribution in [0.25, 0.3) is 0 Å². The van der Waals surface area contributed by atoms with Gasteiger partial charge in [0.25, 0.3) is 5.91 Å². The van der Waals surface area contributed by atoms with Gasteiger partial charge in [0.05, 0.1) is 0 Å². The van der Waals surface area contributed by atoms with Gasteiger partial charge < -0.3 is 10.6 Å². The van der Waals surface area contributed by atoms with E-state index in [1.807, 2.05) is 30.0 Å². The van der Waals surface area contributed by atoms with E-state index in [2.05, 4.69) is 11.1 Å². The SMILES string of the molecule is CC1Cc2ccccc2N1C(=O)c1csc(N)n1. The van der Waals surface area contributed by atoms with Crippen molar-refractivity contribution < 1.29 is 4.79 Å². The summed E-state index contributed by atoms with van der Waals surface area (Å²) in [7, 11) is 0. The van der Waals surface area contributed by atoms with Crippen molar-refractivity contribution in [3.63, 3.8) is 0 Å². The Balaban J connectivity index is 2.00. The van der Waals surface area contributed by atoms with Crippen LogP contribution in [0.1, 0.15) is 23.0 Å². The molecule has 2 heterocycles. The van der Waals surface area contributed by atoms with Gasteiger partial charge in [-0.1, -0.05) is 18.2 Å². The number of thiazole rings is 1. The maximum Gasteiger partial charge on any atom is 0.278 e. The topological polar surface area (TPSA) is 59.2 Å². The predicted octanol–water partition coefficient (Wildman–Crippen LogP) is 2.32. The second-order valence-electron chi connectivity index (χ2n) is 4.43. The molecule has 0 fully saturated rings. The lowest BCUT2D eigenvalue weighted by Crippen LogP contribution is -2.35. The number of hydrogen-bond donors (Lipinski definition) is 1. The van der Waals surface area contributed by atoms with Crippen LogP contribution >= 0.6 is 11.3 Å². The molecule has 3 rings (SSSR count). The van der Waals surface area contributed by atoms with Crippen LogP contribution in [0.15, 0.2) is 29.6 Å². The molecule has 1 aliphatic heterocycles. The van der Waals surface area contributed by atoms with Gasteiger partial charge in [-0.2, -0.15) is 0 Å². The number of carbonyl (C=O) groups excluding carboxylic acids is 1. The van der Waals surface area contributed by atoms with Gasteiger partial charge in [0.2, 0.25) is 0 Å². The number of hydrogen-bond acceptors (Lipinski definition) is 4. The van der Waals surface area contributed by atoms with Gasteiger partial charge in [-0.25, -0.2) is 4.98 Å². The van der Waals surface area contributed by atoms with Crippen LogP contribution in [-0.2, 0) is 6.42 Å². The van der Waals surface area contributed by atoms with Gasteiger partial charge in [0.15, 0.2) is 5.13 Å². The molecular weight excluding hydrogens is 246 g/mol. The Labute approximate surface area is 109 Å². The fraction of sp³-hybridized carbons (Fsp3) is 0.231. The molecule has 1 amide bonds. The molecule has 5 heteroatoms. The van der Waals surface area contributed by atoms with E-state index in [0.717, 1.165) is 12.1 Å². The van der Waals surface area contributed by atoms with Crippen molar-refractivity contribution in [3.8, 4) is 0 Å². The molecule has 0 bridgehead atoms. The van der Waals surface area contributed by atoms with E-state index >= 15 is 0 Å². The molecule has 0 aliphatic carbocycles. The Hall–Kier alpha value is -1.88. The number of nitrogens with two attached hydrogens (primary N) is 1. The molecule has 1 aliphatic rings. The first-order chi connectivity index (χ1) is 8.66. The Morgan fingerprint density at radius 1 is 1.50 bits per heavy atom. The second-order valence-corrected chi connectivity index (χ2v) is 5.32. The average molecular weight is 259 g/mol. The fourth-order valence-corrected chi connectivity index (χ4v) is 2.92. The molecule has 0 saturated heterocycles. The standard InChI is InChI=1S/C13H13N3OS/c1-8-6-9-4-2-3-5-11(9)16(8)12(17)10-7-18-13(14)15-10/h2-5,7-8H,6H2,1H3,(H2,14,15). The monoisotopic (exact) mass is 259 g/mol. The van der Waals surface area contributed by atoms with Crippen LogP contribution in [0.4, 0.5) is 10.8 Å². The summed E-state index contributed by atoms with van der Waals surface area (Å²) in [5.41, 5.74) is 8.21. The van der Waals surface area contributed by atoms with E-state index in [4.69, 9.17) is 5.73 Å². The van der Waals surface area contributed by atoms with Crippen LogP contribution in [0.5, 0.6) is 0 Å². The maximum atomic E-state index is 12.4. The highest BCUT2D eigenvalue weighted by Crippen LogP contribution is 2.33. The number of carbonyl (C=O) groups is 1. The lowest BCUT2D eigenvalue weighted by Gasteiger charge is -2.21. The van der Waals surface area contributed by atoms with Crippen molar-refractivity contribution in [1.82, 2.24) is 4.98 Å². The summed E-state index contributed by atoms with van der Waals surface area (Å²) in [4.78, 5) is 18.3. The minimum absolute atomic E-state index is 0.0691. The van der Waals surface area contributed by atoms with E-state index in [9.17, 15) is 4.79 Å². The molecule has 1 aromatic heterocycles. The highest BCUT2D eigenvalue weighted by molar-refractivity contribution is 7.13. The quantitative estimate of drug-likeness (QED) is 0.855. The van der Waals surface area contributed by atoms with Gasteiger partial charge in [-0.15, -0.1) is 11.3 Å². The van der Waals surface area contributed by atoms with Gasteiger partial charge in [0.1, 0.15) is 5.69 Å². The Morgan fingerprint density at radius 2 is 2.28 bits per heavy atom. The molecule has 0 saturated carbocycles. The van der Waals surface area contributed by atoms with Crippen molar-refractivity contribution >= 4 is 28.1 Å². The number of anilines is 2. The van der Waals surface area contributed by atoms with Crippen molar-refractivity contribution in [2.24, 2.45) is 0 Å². The van der Waals surface area contributed by atoms with Crippen molar-refractivity contribution in [1.29, 1.82) is 0 Å². The largest absolute Gasteiger partial charge is 0.375 e. The Kier molecular flexibility index (Phi) is 2.56. The molecule has 18 heavy (non-hydrogen) atoms. The molecule has 92 valence electrons. The molecule has 0 radical (unpaired) electrons. The molecule has 1 atom stereocenters. The number of para-hydroxylation sites is 1. The minimum atomic E-state index is -0.0691. The first-order valence-corrected chi connectivity index (χ1v) is 6.67. The molecule has 1 unspecified atom stereocenters. The van der Waals surface area contributed by atoms with Gasteiger partial charge >= 0.3 is 0 Å². The Bertz CT molecular complexity index is 608. The highest BCUT2D eigenvalue weighted by Gasteiger charge is 2.32. The zero-order valence-electron chi connectivity index (χ0n) is 9.96. The minimum Gasteiger partial charge on any atom is -0.375 e. The summed E-state index contributed by atoms with van der Waals surface area (Å²) >= 11 is 1.29. The van der Waals surface area contributed by atoms with E-state index in [1.165, 1.54) is 16.9 Å². The molecule has 4 nitrogen and oxygen atoms in total. The summed E-state index contributed by atoms with van der Waals surface area (Å²) in [6.45, 7) is 2.05. The van der Waals surface area contributed by atoms with Gasteiger partial charge in [-0.3, -0.25) is 4.79 Å². The van der Waals surface area contributed by atoms with Crippen LogP contribution in [0, 0.1) is 0 Å². The van der Waals surface area contributed by atoms with Crippen molar-refractivity contribution in [2.75, 3.05) is 10.6 Å². The maximum absolute atomic E-state index is 12.4. The van der Waals surface area contributed by atoms with Crippen LogP contribution < -0.4 is 10.6 Å². The number of nitrogens with zero attached hydrogens (tertiary/aromatic N) is 2. The lowest BCUT2D eigenvalue weighted by molar-refractivity contribution is 0.0977. The van der Waals surface area contributed by atoms with Crippen molar-refractivity contribution in [2.45, 2.75) is 19.4 Å². The van der Waals surface area contributed by atoms with E-state index in [0.29, 0.717) is 10.8 Å². The third-order valence-corrected chi connectivity index (χ3v) is 3.84. The number of amides is 1. The number of benzene rings is 1. The number of aromatic nitrogens is 1. The van der Waals surface area contributed by atoms with E-state index in [-0.39, 0.29) is 11.9 Å². The van der Waals surface area contributed by atoms with Crippen LogP contribution in [0.3, 0.4) is 0 Å². The molecular formula is C13H13N3OS. The fourth-order valence-electron chi connectivity index (χ4n) is 2.38. The molecule has 2 aromatic rings. The third-order valence-electron chi connectivity index (χ3n) is 3.17. The predicted molar refractivity (Wildman–Crippen MR) is 72.9 cm³/mol. The number of nitrogen functional groups attached to an aromatic ring is 1. The summed E-state index contributed by atoms with van der Waals surface area (Å²) in [5.74, 6) is -0.0691. The molecule has 1 aromatic carbocycles. The zero-order chi connectivity index (χ0) is 12.7. The number of rotatable bonds is 1. The highest BCUT2D eigenvalue weighted by atomic mass is 32.1. The molecule has 0 spiro atoms. The smallest absolute Gasteiger partial charge is 0.278 e. The van der Waals surface area contributed by atoms with E-state index in [1.54, 1.807) is 5.38 Å². The average Bonchev–Trinajstić information content (AvgIpc) is 2.91. The summed E-state index contributed by atoms with van der Waals surface area (Å²) in [6.07, 6.45) is 0.890. The van der Waals surface area contributed by atoms with Crippen molar-refractivity contribution in [3.05, 3.63) is 40.9 Å².